The van der Waals surface area contributed by atoms with Gasteiger partial charge in [-0.3, -0.25) is 0 Å². The van der Waals surface area contributed by atoms with Gasteiger partial charge in [-0.2, -0.15) is 0 Å². The molecule has 0 atom stereocenters. The molecule has 12 aromatic rings. The molecule has 330 valence electrons. The van der Waals surface area contributed by atoms with Crippen LogP contribution < -0.4 is 20.7 Å². The maximum absolute atomic E-state index is 2.76. The summed E-state index contributed by atoms with van der Waals surface area (Å²) in [7, 11) is 0. The highest BCUT2D eigenvalue weighted by Crippen LogP contribution is 2.50. The predicted molar refractivity (Wildman–Crippen MR) is 300 cm³/mol. The minimum Gasteiger partial charge on any atom is -0.374 e. The maximum atomic E-state index is 2.76. The first kappa shape index (κ1) is 40.7. The quantitative estimate of drug-likeness (QED) is 0.141. The minimum absolute atomic E-state index is 0.00218. The van der Waals surface area contributed by atoms with Crippen LogP contribution >= 0.6 is 22.7 Å². The Balaban J connectivity index is 1.07. The summed E-state index contributed by atoms with van der Waals surface area (Å²) in [5.41, 5.74) is 19.7. The molecule has 3 nitrogen and oxygen atoms in total. The molecule has 0 saturated carbocycles. The summed E-state index contributed by atoms with van der Waals surface area (Å²) >= 11 is 3.86. The van der Waals surface area contributed by atoms with Gasteiger partial charge in [0.2, 0.25) is 0 Å². The number of nitrogens with zero attached hydrogens (tertiary/aromatic N) is 3. The summed E-state index contributed by atoms with van der Waals surface area (Å²) in [5, 5.41) is 5.36. The highest BCUT2D eigenvalue weighted by molar-refractivity contribution is 7.27. The number of hydrogen-bond acceptors (Lipinski definition) is 4. The second-order valence-electron chi connectivity index (χ2n) is 19.9. The third kappa shape index (κ3) is 6.32. The number of fused-ring (bicyclic) bond motifs is 13. The molecule has 69 heavy (non-hydrogen) atoms. The van der Waals surface area contributed by atoms with Gasteiger partial charge in [0.25, 0.3) is 0 Å². The van der Waals surface area contributed by atoms with Gasteiger partial charge >= 0.3 is 6.85 Å². The number of rotatable bonds is 8. The number of anilines is 4. The Morgan fingerprint density at radius 2 is 1.20 bits per heavy atom. The summed E-state index contributed by atoms with van der Waals surface area (Å²) in [4.78, 5) is 5.23. The first-order valence-electron chi connectivity index (χ1n) is 24.3. The zero-order valence-corrected chi connectivity index (χ0v) is 40.5. The third-order valence-corrected chi connectivity index (χ3v) is 17.3. The molecule has 0 spiro atoms. The molecule has 3 aromatic heterocycles. The fourth-order valence-corrected chi connectivity index (χ4v) is 14.1. The topological polar surface area (TPSA) is 11.4 Å². The third-order valence-electron chi connectivity index (χ3n) is 14.9. The lowest BCUT2D eigenvalue weighted by atomic mass is 9.45. The van der Waals surface area contributed by atoms with Crippen LogP contribution in [0, 0.1) is 0 Å². The summed E-state index contributed by atoms with van der Waals surface area (Å²) < 4.78 is 8.13. The van der Waals surface area contributed by atoms with E-state index in [-0.39, 0.29) is 12.3 Å². The van der Waals surface area contributed by atoms with E-state index in [0.29, 0.717) is 6.54 Å². The molecule has 0 unspecified atom stereocenters. The van der Waals surface area contributed by atoms with Crippen LogP contribution in [0.3, 0.4) is 0 Å². The Kier molecular flexibility index (Phi) is 9.18. The van der Waals surface area contributed by atoms with Crippen LogP contribution in [0.2, 0.25) is 0 Å². The van der Waals surface area contributed by atoms with Gasteiger partial charge in [0, 0.05) is 82.6 Å². The van der Waals surface area contributed by atoms with Crippen molar-refractivity contribution in [3.63, 3.8) is 0 Å². The highest BCUT2D eigenvalue weighted by atomic mass is 32.1. The van der Waals surface area contributed by atoms with Gasteiger partial charge in [-0.25, -0.2) is 0 Å². The van der Waals surface area contributed by atoms with Gasteiger partial charge in [-0.1, -0.05) is 172 Å². The molecule has 2 aliphatic rings. The second kappa shape index (κ2) is 15.6. The zero-order valence-electron chi connectivity index (χ0n) is 38.9. The molecular weight excluding hydrogens is 874 g/mol. The van der Waals surface area contributed by atoms with E-state index >= 15 is 0 Å². The summed E-state index contributed by atoms with van der Waals surface area (Å²) in [5.74, 6) is 0. The first-order valence-corrected chi connectivity index (χ1v) is 25.9. The molecule has 14 rings (SSSR count). The van der Waals surface area contributed by atoms with Crippen LogP contribution in [0.15, 0.2) is 200 Å². The minimum atomic E-state index is -0.0340. The normalized spacial score (nSPS) is 13.0. The SMILES string of the molecule is CC(C)(C)c1ccc(CN2c3cc(CCN(c4ccccc4)c4ccccc4)cc4c3B(c3ccc5sc6ccccc6c5c32)n2c3c-4cccc3c3sc4ccccc4c32)c(-c2ccccc2)c1. The average molecular weight is 922 g/mol. The zero-order chi connectivity index (χ0) is 46.0. The fourth-order valence-electron chi connectivity index (χ4n) is 11.7. The van der Waals surface area contributed by atoms with E-state index in [0.717, 1.165) is 13.0 Å². The van der Waals surface area contributed by atoms with E-state index in [4.69, 9.17) is 0 Å². The van der Waals surface area contributed by atoms with E-state index in [9.17, 15) is 0 Å². The molecular formula is C63H48BN3S2. The fraction of sp³-hybridized carbons (Fsp3) is 0.111. The molecule has 2 aliphatic heterocycles. The van der Waals surface area contributed by atoms with Crippen molar-refractivity contribution in [2.24, 2.45) is 0 Å². The standard InChI is InChI=1S/C63H48BN3S2/c1-63(2,3)43-31-30-42(50(38-43)41-18-7-4-8-19-41)39-66-53-37-40(34-35-65(44-20-9-5-10-21-44)45-22-11-6-12-23-45)36-51-46-26-17-27-49-59(46)67(60-48-25-14-16-29-55(48)69-62(49)60)64(58(51)53)52-32-33-56-57(61(52)66)47-24-13-15-28-54(47)68-56/h4-33,36-38H,34-35,39H2,1-3H3. The van der Waals surface area contributed by atoms with Gasteiger partial charge in [0.15, 0.2) is 0 Å². The number of thiophene rings is 2. The Morgan fingerprint density at radius 3 is 1.94 bits per heavy atom. The first-order chi connectivity index (χ1) is 33.9. The van der Waals surface area contributed by atoms with Crippen molar-refractivity contribution in [2.45, 2.75) is 39.2 Å². The lowest BCUT2D eigenvalue weighted by Crippen LogP contribution is -2.57. The van der Waals surface area contributed by atoms with Crippen molar-refractivity contribution < 1.29 is 0 Å². The number of benzene rings is 9. The van der Waals surface area contributed by atoms with Crippen molar-refractivity contribution in [2.75, 3.05) is 16.3 Å². The molecule has 0 aliphatic carbocycles. The van der Waals surface area contributed by atoms with Crippen LogP contribution in [0.4, 0.5) is 22.7 Å². The molecule has 9 aromatic carbocycles. The molecule has 0 fully saturated rings. The van der Waals surface area contributed by atoms with E-state index < -0.39 is 0 Å². The van der Waals surface area contributed by atoms with E-state index in [1.54, 1.807) is 0 Å². The van der Waals surface area contributed by atoms with Crippen molar-refractivity contribution >= 4 is 115 Å². The van der Waals surface area contributed by atoms with Gasteiger partial charge in [0.05, 0.1) is 10.2 Å². The van der Waals surface area contributed by atoms with Crippen molar-refractivity contribution in [1.82, 2.24) is 4.48 Å². The largest absolute Gasteiger partial charge is 0.374 e. The molecule has 5 heterocycles. The second-order valence-corrected chi connectivity index (χ2v) is 22.1. The van der Waals surface area contributed by atoms with Crippen LogP contribution in [0.1, 0.15) is 37.5 Å². The number of hydrogen-bond donors (Lipinski definition) is 0. The Bertz CT molecular complexity index is 3950. The maximum Gasteiger partial charge on any atom is 0.333 e. The molecule has 0 N–H and O–H groups in total. The molecule has 6 heteroatoms. The lowest BCUT2D eigenvalue weighted by Gasteiger charge is -2.41. The molecule has 0 amide bonds. The Morgan fingerprint density at radius 1 is 0.536 bits per heavy atom. The van der Waals surface area contributed by atoms with Crippen molar-refractivity contribution in [1.29, 1.82) is 0 Å². The van der Waals surface area contributed by atoms with Crippen LogP contribution in [0.5, 0.6) is 0 Å². The predicted octanol–water partition coefficient (Wildman–Crippen LogP) is 16.0. The van der Waals surface area contributed by atoms with Gasteiger partial charge < -0.3 is 14.3 Å². The van der Waals surface area contributed by atoms with Gasteiger partial charge in [-0.15, -0.1) is 22.7 Å². The van der Waals surface area contributed by atoms with Crippen LogP contribution in [-0.4, -0.2) is 17.9 Å². The van der Waals surface area contributed by atoms with Crippen LogP contribution in [-0.2, 0) is 18.4 Å². The van der Waals surface area contributed by atoms with Crippen molar-refractivity contribution in [3.05, 3.63) is 217 Å². The monoisotopic (exact) mass is 921 g/mol. The van der Waals surface area contributed by atoms with Gasteiger partial charge in [0.1, 0.15) is 0 Å². The summed E-state index contributed by atoms with van der Waals surface area (Å²) in [6.45, 7) is 8.50. The van der Waals surface area contributed by atoms with Gasteiger partial charge in [-0.05, 0) is 105 Å². The number of para-hydroxylation sites is 3. The number of aromatic nitrogens is 1. The van der Waals surface area contributed by atoms with Crippen LogP contribution in [0.25, 0.3) is 73.6 Å². The molecule has 0 saturated heterocycles. The Labute approximate surface area is 411 Å². The lowest BCUT2D eigenvalue weighted by molar-refractivity contribution is 0.590. The highest BCUT2D eigenvalue weighted by Gasteiger charge is 2.44. The van der Waals surface area contributed by atoms with E-state index in [1.807, 2.05) is 22.7 Å². The molecule has 0 bridgehead atoms. The smallest absolute Gasteiger partial charge is 0.333 e. The van der Waals surface area contributed by atoms with E-state index in [1.165, 1.54) is 124 Å². The average Bonchev–Trinajstić information content (AvgIpc) is 4.06. The summed E-state index contributed by atoms with van der Waals surface area (Å²) in [6.07, 6.45) is 0.868. The summed E-state index contributed by atoms with van der Waals surface area (Å²) in [6, 6.07) is 75.4. The van der Waals surface area contributed by atoms with E-state index in [2.05, 4.69) is 235 Å². The molecule has 0 radical (unpaired) electrons. The Hall–Kier alpha value is -7.38. The van der Waals surface area contributed by atoms with Crippen molar-refractivity contribution in [3.8, 4) is 22.3 Å².